The van der Waals surface area contributed by atoms with Gasteiger partial charge in [-0.2, -0.15) is 0 Å². The summed E-state index contributed by atoms with van der Waals surface area (Å²) in [5.74, 6) is -1.90. The molecule has 0 radical (unpaired) electrons. The number of hydrogen-bond acceptors (Lipinski definition) is 10. The van der Waals surface area contributed by atoms with Crippen LogP contribution < -0.4 is 15.5 Å². The summed E-state index contributed by atoms with van der Waals surface area (Å²) in [5.41, 5.74) is -0.618. The maximum Gasteiger partial charge on any atom is 0.328 e. The van der Waals surface area contributed by atoms with E-state index in [2.05, 4.69) is 20.6 Å². The standard InChI is InChI=1S/C21H21ClN6O5S/c1-7-6-34-17(24-7)12(23)13-15(29)11(22)14-10(25-13)4-21(18(30)26-20(32)27-19(21)31)16-9(3)33-8(2)5-28(14)16/h6,8-9,16,23,29H,4-5H2,1-3H3,(H2,26,27,30,31,32)/t8-,9+,16-/m1/s1. The molecular weight excluding hydrogens is 484 g/mol. The first-order chi connectivity index (χ1) is 16.0. The number of nitrogens with zero attached hydrogens (tertiary/aromatic N) is 3. The zero-order valence-electron chi connectivity index (χ0n) is 18.4. The van der Waals surface area contributed by atoms with Crippen LogP contribution in [0.1, 0.15) is 35.9 Å². The number of ether oxygens (including phenoxy) is 1. The van der Waals surface area contributed by atoms with Gasteiger partial charge in [0.1, 0.15) is 21.4 Å². The Hall–Kier alpha value is -3.09. The number of amides is 4. The summed E-state index contributed by atoms with van der Waals surface area (Å²) < 4.78 is 5.96. The van der Waals surface area contributed by atoms with Gasteiger partial charge in [-0.25, -0.2) is 14.8 Å². The van der Waals surface area contributed by atoms with E-state index in [0.29, 0.717) is 16.4 Å². The SMILES string of the molecule is Cc1csc(C(=N)c2nc3c(c(Cl)c2O)N2C[C@@H](C)O[C@@H](C)[C@@H]2C2(C3)C(=O)NC(=O)NC2=O)n1. The van der Waals surface area contributed by atoms with Crippen LogP contribution in [0.3, 0.4) is 0 Å². The van der Waals surface area contributed by atoms with Gasteiger partial charge in [0.25, 0.3) is 0 Å². The Labute approximate surface area is 203 Å². The molecule has 1 spiro atoms. The van der Waals surface area contributed by atoms with Crippen LogP contribution in [-0.2, 0) is 20.7 Å². The first kappa shape index (κ1) is 22.7. The highest BCUT2D eigenvalue weighted by molar-refractivity contribution is 7.12. The highest BCUT2D eigenvalue weighted by atomic mass is 35.5. The molecule has 3 aliphatic rings. The van der Waals surface area contributed by atoms with E-state index in [-0.39, 0.29) is 46.9 Å². The monoisotopic (exact) mass is 504 g/mol. The second kappa shape index (κ2) is 7.72. The summed E-state index contributed by atoms with van der Waals surface area (Å²) in [7, 11) is 0. The van der Waals surface area contributed by atoms with Crippen LogP contribution in [0.25, 0.3) is 0 Å². The summed E-state index contributed by atoms with van der Waals surface area (Å²) in [6.07, 6.45) is -1.07. The second-order valence-corrected chi connectivity index (χ2v) is 9.96. The Morgan fingerprint density at radius 3 is 2.59 bits per heavy atom. The van der Waals surface area contributed by atoms with Gasteiger partial charge in [-0.3, -0.25) is 25.6 Å². The van der Waals surface area contributed by atoms with E-state index in [1.54, 1.807) is 24.1 Å². The lowest BCUT2D eigenvalue weighted by atomic mass is 9.67. The minimum absolute atomic E-state index is 0.0353. The fraction of sp³-hybridized carbons (Fsp3) is 0.429. The molecule has 0 bridgehead atoms. The number of nitrogens with one attached hydrogen (secondary N) is 3. The highest BCUT2D eigenvalue weighted by Gasteiger charge is 2.63. The molecule has 0 saturated carbocycles. The van der Waals surface area contributed by atoms with Gasteiger partial charge in [0.15, 0.2) is 11.2 Å². The van der Waals surface area contributed by atoms with Crippen molar-refractivity contribution in [1.82, 2.24) is 20.6 Å². The number of urea groups is 1. The summed E-state index contributed by atoms with van der Waals surface area (Å²) >= 11 is 7.87. The number of fused-ring (bicyclic) bond motifs is 4. The smallest absolute Gasteiger partial charge is 0.328 e. The third-order valence-electron chi connectivity index (χ3n) is 6.41. The van der Waals surface area contributed by atoms with E-state index in [1.807, 2.05) is 6.92 Å². The quantitative estimate of drug-likeness (QED) is 0.354. The number of aromatic nitrogens is 2. The molecule has 2 aromatic heterocycles. The maximum absolute atomic E-state index is 13.2. The summed E-state index contributed by atoms with van der Waals surface area (Å²) in [6.45, 7) is 5.63. The lowest BCUT2D eigenvalue weighted by Gasteiger charge is -2.55. The molecule has 2 fully saturated rings. The number of thiazole rings is 1. The molecule has 2 saturated heterocycles. The van der Waals surface area contributed by atoms with E-state index >= 15 is 0 Å². The summed E-state index contributed by atoms with van der Waals surface area (Å²) in [5, 5.41) is 26.0. The first-order valence-electron chi connectivity index (χ1n) is 10.6. The van der Waals surface area contributed by atoms with Gasteiger partial charge in [0.05, 0.1) is 29.6 Å². The number of carbonyl (C=O) groups excluding carboxylic acids is 3. The van der Waals surface area contributed by atoms with Crippen molar-refractivity contribution >= 4 is 52.2 Å². The largest absolute Gasteiger partial charge is 0.504 e. The number of aromatic hydroxyl groups is 1. The predicted molar refractivity (Wildman–Crippen MR) is 123 cm³/mol. The molecule has 3 atom stereocenters. The molecule has 3 aliphatic heterocycles. The van der Waals surface area contributed by atoms with Crippen molar-refractivity contribution in [1.29, 1.82) is 5.41 Å². The van der Waals surface area contributed by atoms with Crippen molar-refractivity contribution in [2.45, 2.75) is 45.4 Å². The minimum Gasteiger partial charge on any atom is -0.504 e. The van der Waals surface area contributed by atoms with E-state index in [9.17, 15) is 19.5 Å². The van der Waals surface area contributed by atoms with Gasteiger partial charge >= 0.3 is 6.03 Å². The Bertz CT molecular complexity index is 1260. The number of pyridine rings is 1. The van der Waals surface area contributed by atoms with Crippen molar-refractivity contribution in [3.63, 3.8) is 0 Å². The minimum atomic E-state index is -1.73. The molecule has 4 N–H and O–H groups in total. The first-order valence-corrected chi connectivity index (χ1v) is 11.8. The number of hydrogen-bond donors (Lipinski definition) is 4. The van der Waals surface area contributed by atoms with Gasteiger partial charge in [0.2, 0.25) is 11.8 Å². The van der Waals surface area contributed by atoms with Gasteiger partial charge < -0.3 is 14.7 Å². The average Bonchev–Trinajstić information content (AvgIpc) is 3.19. The molecule has 178 valence electrons. The lowest BCUT2D eigenvalue weighted by Crippen LogP contribution is -2.75. The van der Waals surface area contributed by atoms with Crippen LogP contribution in [0, 0.1) is 17.7 Å². The van der Waals surface area contributed by atoms with Crippen LogP contribution >= 0.6 is 22.9 Å². The van der Waals surface area contributed by atoms with E-state index < -0.39 is 35.4 Å². The highest BCUT2D eigenvalue weighted by Crippen LogP contribution is 2.50. The molecule has 4 amide bonds. The Morgan fingerprint density at radius 1 is 1.29 bits per heavy atom. The van der Waals surface area contributed by atoms with E-state index in [0.717, 1.165) is 0 Å². The number of anilines is 1. The normalized spacial score (nSPS) is 25.5. The zero-order chi connectivity index (χ0) is 24.5. The lowest BCUT2D eigenvalue weighted by molar-refractivity contribution is -0.153. The molecule has 34 heavy (non-hydrogen) atoms. The number of rotatable bonds is 2. The summed E-state index contributed by atoms with van der Waals surface area (Å²) in [6, 6.07) is -1.70. The van der Waals surface area contributed by atoms with Crippen LogP contribution in [0.5, 0.6) is 5.75 Å². The van der Waals surface area contributed by atoms with Gasteiger partial charge in [-0.05, 0) is 20.8 Å². The van der Waals surface area contributed by atoms with E-state index in [4.69, 9.17) is 21.7 Å². The summed E-state index contributed by atoms with van der Waals surface area (Å²) in [4.78, 5) is 48.9. The fourth-order valence-corrected chi connectivity index (χ4v) is 6.18. The zero-order valence-corrected chi connectivity index (χ0v) is 20.0. The number of aryl methyl sites for hydroxylation is 1. The predicted octanol–water partition coefficient (Wildman–Crippen LogP) is 1.51. The molecule has 5 heterocycles. The van der Waals surface area contributed by atoms with Crippen LogP contribution in [0.15, 0.2) is 5.38 Å². The van der Waals surface area contributed by atoms with Crippen molar-refractivity contribution in [2.24, 2.45) is 5.41 Å². The average molecular weight is 505 g/mol. The van der Waals surface area contributed by atoms with Crippen LogP contribution in [0.4, 0.5) is 10.5 Å². The topological polar surface area (TPSA) is 158 Å². The Kier molecular flexibility index (Phi) is 5.15. The third kappa shape index (κ3) is 3.12. The molecule has 0 aliphatic carbocycles. The number of halogens is 1. The Morgan fingerprint density at radius 2 is 1.97 bits per heavy atom. The van der Waals surface area contributed by atoms with Gasteiger partial charge in [0, 0.05) is 24.0 Å². The number of carbonyl (C=O) groups is 3. The molecule has 0 unspecified atom stereocenters. The second-order valence-electron chi connectivity index (χ2n) is 8.72. The molecule has 11 nitrogen and oxygen atoms in total. The molecule has 0 aromatic carbocycles. The van der Waals surface area contributed by atoms with Gasteiger partial charge in [-0.15, -0.1) is 11.3 Å². The number of imide groups is 2. The van der Waals surface area contributed by atoms with E-state index in [1.165, 1.54) is 11.3 Å². The van der Waals surface area contributed by atoms with Crippen LogP contribution in [0.2, 0.25) is 5.02 Å². The molecule has 5 rings (SSSR count). The number of morpholine rings is 1. The fourth-order valence-electron chi connectivity index (χ4n) is 5.13. The van der Waals surface area contributed by atoms with Gasteiger partial charge in [-0.1, -0.05) is 11.6 Å². The van der Waals surface area contributed by atoms with Crippen molar-refractivity contribution in [3.05, 3.63) is 32.5 Å². The van der Waals surface area contributed by atoms with Crippen molar-refractivity contribution in [2.75, 3.05) is 11.4 Å². The third-order valence-corrected chi connectivity index (χ3v) is 7.75. The molecule has 13 heteroatoms. The molecule has 2 aromatic rings. The number of barbiturate groups is 1. The maximum atomic E-state index is 13.2. The van der Waals surface area contributed by atoms with Crippen molar-refractivity contribution in [3.8, 4) is 5.75 Å². The Balaban J connectivity index is 1.72. The molecular formula is C21H21ClN6O5S. The van der Waals surface area contributed by atoms with Crippen molar-refractivity contribution < 1.29 is 24.2 Å². The van der Waals surface area contributed by atoms with Crippen LogP contribution in [-0.4, -0.2) is 63.4 Å².